The van der Waals surface area contributed by atoms with Crippen molar-refractivity contribution in [3.63, 3.8) is 0 Å². The van der Waals surface area contributed by atoms with Crippen molar-refractivity contribution in [1.82, 2.24) is 0 Å². The molecule has 6 heteroatoms. The van der Waals surface area contributed by atoms with Gasteiger partial charge in [-0.15, -0.1) is 6.58 Å². The lowest BCUT2D eigenvalue weighted by Gasteiger charge is -2.44. The summed E-state index contributed by atoms with van der Waals surface area (Å²) in [5, 5.41) is 0. The van der Waals surface area contributed by atoms with E-state index in [-0.39, 0.29) is 30.0 Å². The maximum absolute atomic E-state index is 12.7. The summed E-state index contributed by atoms with van der Waals surface area (Å²) in [5.74, 6) is -0.765. The lowest BCUT2D eigenvalue weighted by Crippen LogP contribution is -2.57. The Hall–Kier alpha value is -1.31. The molecular weight excluding hydrogens is 420 g/mol. The van der Waals surface area contributed by atoms with Gasteiger partial charge >= 0.3 is 0 Å². The van der Waals surface area contributed by atoms with Gasteiger partial charge in [0.05, 0.1) is 24.9 Å². The third-order valence-corrected chi connectivity index (χ3v) is 7.70. The van der Waals surface area contributed by atoms with E-state index in [1.165, 1.54) is 5.57 Å². The number of ketones is 1. The highest BCUT2D eigenvalue weighted by atomic mass is 28.3. The molecule has 3 rings (SSSR count). The molecule has 0 unspecified atom stereocenters. The smallest absolute Gasteiger partial charge is 0.163 e. The summed E-state index contributed by atoms with van der Waals surface area (Å²) in [6.45, 7) is 19.3. The lowest BCUT2D eigenvalue weighted by atomic mass is 9.83. The SMILES string of the molecule is C=C(C[C@H]1O[C@@H]([C@H](OCc2ccccc2)C(C)=O)[C@H](C)[C@H]2OC(C)(C)O[C@@H]21)C[Si](C)(C)C. The van der Waals surface area contributed by atoms with Crippen molar-refractivity contribution in [3.05, 3.63) is 48.0 Å². The second-order valence-corrected chi connectivity index (χ2v) is 16.6. The topological polar surface area (TPSA) is 54.0 Å². The van der Waals surface area contributed by atoms with Crippen LogP contribution in [0.5, 0.6) is 0 Å². The highest BCUT2D eigenvalue weighted by Crippen LogP contribution is 2.43. The molecule has 178 valence electrons. The Bertz CT molecular complexity index is 800. The van der Waals surface area contributed by atoms with Crippen LogP contribution in [-0.4, -0.2) is 50.2 Å². The zero-order chi connectivity index (χ0) is 23.7. The fourth-order valence-corrected chi connectivity index (χ4v) is 6.57. The van der Waals surface area contributed by atoms with Crippen LogP contribution in [0.15, 0.2) is 42.5 Å². The molecule has 1 aromatic rings. The zero-order valence-corrected chi connectivity index (χ0v) is 21.7. The van der Waals surface area contributed by atoms with Gasteiger partial charge in [-0.1, -0.05) is 62.5 Å². The second-order valence-electron chi connectivity index (χ2n) is 11.1. The first-order valence-electron chi connectivity index (χ1n) is 11.7. The van der Waals surface area contributed by atoms with Crippen LogP contribution >= 0.6 is 0 Å². The van der Waals surface area contributed by atoms with Gasteiger partial charge in [0, 0.05) is 14.0 Å². The van der Waals surface area contributed by atoms with Crippen LogP contribution in [-0.2, 0) is 30.3 Å². The first-order chi connectivity index (χ1) is 14.9. The maximum Gasteiger partial charge on any atom is 0.163 e. The van der Waals surface area contributed by atoms with E-state index < -0.39 is 26.1 Å². The van der Waals surface area contributed by atoms with Crippen LogP contribution in [0.1, 0.15) is 39.7 Å². The number of fused-ring (bicyclic) bond motifs is 1. The van der Waals surface area contributed by atoms with Gasteiger partial charge in [-0.05, 0) is 38.8 Å². The summed E-state index contributed by atoms with van der Waals surface area (Å²) >= 11 is 0. The first-order valence-corrected chi connectivity index (χ1v) is 15.4. The van der Waals surface area contributed by atoms with Gasteiger partial charge in [-0.2, -0.15) is 0 Å². The molecule has 0 aromatic heterocycles. The van der Waals surface area contributed by atoms with Crippen LogP contribution in [0.3, 0.4) is 0 Å². The highest BCUT2D eigenvalue weighted by Gasteiger charge is 2.55. The van der Waals surface area contributed by atoms with E-state index in [4.69, 9.17) is 18.9 Å². The summed E-state index contributed by atoms with van der Waals surface area (Å²) < 4.78 is 25.3. The van der Waals surface area contributed by atoms with Crippen molar-refractivity contribution in [1.29, 1.82) is 0 Å². The Labute approximate surface area is 194 Å². The van der Waals surface area contributed by atoms with E-state index in [0.29, 0.717) is 13.0 Å². The monoisotopic (exact) mass is 460 g/mol. The number of carbonyl (C=O) groups is 1. The van der Waals surface area contributed by atoms with Crippen molar-refractivity contribution < 1.29 is 23.7 Å². The van der Waals surface area contributed by atoms with Crippen molar-refractivity contribution in [2.75, 3.05) is 0 Å². The van der Waals surface area contributed by atoms with Crippen LogP contribution in [0.2, 0.25) is 25.7 Å². The van der Waals surface area contributed by atoms with Gasteiger partial charge in [-0.25, -0.2) is 0 Å². The molecule has 2 aliphatic heterocycles. The van der Waals surface area contributed by atoms with Crippen LogP contribution in [0.4, 0.5) is 0 Å². The Morgan fingerprint density at radius 1 is 1.16 bits per heavy atom. The summed E-state index contributed by atoms with van der Waals surface area (Å²) in [5.41, 5.74) is 2.21. The normalized spacial score (nSPS) is 30.5. The molecule has 2 heterocycles. The molecule has 0 aliphatic carbocycles. The molecule has 0 spiro atoms. The molecule has 0 N–H and O–H groups in total. The number of rotatable bonds is 9. The molecule has 1 aromatic carbocycles. The maximum atomic E-state index is 12.7. The molecule has 2 fully saturated rings. The minimum atomic E-state index is -1.29. The van der Waals surface area contributed by atoms with Gasteiger partial charge in [0.2, 0.25) is 0 Å². The van der Waals surface area contributed by atoms with Crippen molar-refractivity contribution >= 4 is 13.9 Å². The quantitative estimate of drug-likeness (QED) is 0.366. The molecule has 0 amide bonds. The average Bonchev–Trinajstić information content (AvgIpc) is 3.00. The highest BCUT2D eigenvalue weighted by molar-refractivity contribution is 6.76. The molecule has 5 nitrogen and oxygen atoms in total. The van der Waals surface area contributed by atoms with E-state index in [1.54, 1.807) is 6.92 Å². The predicted molar refractivity (Wildman–Crippen MR) is 129 cm³/mol. The fraction of sp³-hybridized carbons (Fsp3) is 0.654. The second kappa shape index (κ2) is 9.90. The predicted octanol–water partition coefficient (Wildman–Crippen LogP) is 5.37. The van der Waals surface area contributed by atoms with Gasteiger partial charge < -0.3 is 18.9 Å². The third-order valence-electron chi connectivity index (χ3n) is 6.14. The van der Waals surface area contributed by atoms with Crippen molar-refractivity contribution in [2.24, 2.45) is 5.92 Å². The molecule has 2 aliphatic rings. The van der Waals surface area contributed by atoms with Crippen LogP contribution < -0.4 is 0 Å². The number of benzene rings is 1. The van der Waals surface area contributed by atoms with Gasteiger partial charge in [0.1, 0.15) is 12.2 Å². The number of hydrogen-bond donors (Lipinski definition) is 0. The van der Waals surface area contributed by atoms with E-state index >= 15 is 0 Å². The summed E-state index contributed by atoms with van der Waals surface area (Å²) in [7, 11) is -1.29. The van der Waals surface area contributed by atoms with E-state index in [2.05, 4.69) is 33.1 Å². The van der Waals surface area contributed by atoms with Crippen molar-refractivity contribution in [3.8, 4) is 0 Å². The molecule has 6 atom stereocenters. The zero-order valence-electron chi connectivity index (χ0n) is 20.7. The number of Topliss-reactive ketones (excluding diaryl/α,β-unsaturated/α-hetero) is 1. The van der Waals surface area contributed by atoms with E-state index in [1.807, 2.05) is 44.2 Å². The molecular formula is C26H40O5Si. The number of hydrogen-bond acceptors (Lipinski definition) is 5. The largest absolute Gasteiger partial charge is 0.368 e. The molecule has 2 saturated heterocycles. The minimum Gasteiger partial charge on any atom is -0.368 e. The lowest BCUT2D eigenvalue weighted by molar-refractivity contribution is -0.199. The summed E-state index contributed by atoms with van der Waals surface area (Å²) in [4.78, 5) is 12.7. The number of ether oxygens (including phenoxy) is 4. The van der Waals surface area contributed by atoms with Crippen LogP contribution in [0, 0.1) is 5.92 Å². The Balaban J connectivity index is 1.80. The van der Waals surface area contributed by atoms with Gasteiger partial charge in [0.15, 0.2) is 11.6 Å². The Kier molecular flexibility index (Phi) is 7.83. The molecule has 0 bridgehead atoms. The van der Waals surface area contributed by atoms with E-state index in [0.717, 1.165) is 11.6 Å². The molecule has 32 heavy (non-hydrogen) atoms. The molecule has 0 radical (unpaired) electrons. The Morgan fingerprint density at radius 3 is 2.38 bits per heavy atom. The van der Waals surface area contributed by atoms with Gasteiger partial charge in [0.25, 0.3) is 0 Å². The van der Waals surface area contributed by atoms with E-state index in [9.17, 15) is 4.79 Å². The standard InChI is InChI=1S/C26H40O5Si/c1-17(16-32(6,7)8)14-21-25-23(30-26(4,5)31-25)18(2)22(29-21)24(19(3)27)28-15-20-12-10-9-11-13-20/h9-13,18,21-25H,1,14-16H2,2-8H3/t18-,21+,22+,23+,24+,25+/m0/s1. The third kappa shape index (κ3) is 6.38. The first kappa shape index (κ1) is 25.3. The number of carbonyl (C=O) groups excluding carboxylic acids is 1. The average molecular weight is 461 g/mol. The fourth-order valence-electron chi connectivity index (χ4n) is 4.92. The van der Waals surface area contributed by atoms with Gasteiger partial charge in [-0.3, -0.25) is 4.79 Å². The van der Waals surface area contributed by atoms with Crippen LogP contribution in [0.25, 0.3) is 0 Å². The minimum absolute atomic E-state index is 0.0333. The Morgan fingerprint density at radius 2 is 1.78 bits per heavy atom. The van der Waals surface area contributed by atoms with Crippen molar-refractivity contribution in [2.45, 2.75) is 103 Å². The molecule has 0 saturated carbocycles. The summed E-state index contributed by atoms with van der Waals surface area (Å²) in [6, 6.07) is 10.9. The summed E-state index contributed by atoms with van der Waals surface area (Å²) in [6.07, 6.45) is -0.913.